The fourth-order valence-electron chi connectivity index (χ4n) is 4.88. The second-order valence-electron chi connectivity index (χ2n) is 8.76. The van der Waals surface area contributed by atoms with Crippen LogP contribution < -0.4 is 4.90 Å². The normalized spacial score (nSPS) is 21.4. The predicted molar refractivity (Wildman–Crippen MR) is 129 cm³/mol. The molecule has 2 aromatic heterocycles. The molecule has 0 aliphatic carbocycles. The first kappa shape index (κ1) is 25.1. The van der Waals surface area contributed by atoms with Gasteiger partial charge in [-0.3, -0.25) is 0 Å². The zero-order chi connectivity index (χ0) is 25.0. The maximum absolute atomic E-state index is 13.7. The molecular weight excluding hydrogens is 549 g/mol. The summed E-state index contributed by atoms with van der Waals surface area (Å²) in [7, 11) is 0. The number of hydrogen-bond acceptors (Lipinski definition) is 5. The summed E-state index contributed by atoms with van der Waals surface area (Å²) in [5, 5.41) is 1.60. The van der Waals surface area contributed by atoms with E-state index in [-0.39, 0.29) is 17.9 Å². The molecule has 35 heavy (non-hydrogen) atoms. The largest absolute Gasteiger partial charge is 0.451 e. The molecule has 5 rings (SSSR count). The minimum Gasteiger partial charge on any atom is -0.381 e. The van der Waals surface area contributed by atoms with E-state index in [0.717, 1.165) is 35.0 Å². The van der Waals surface area contributed by atoms with Crippen molar-refractivity contribution < 1.29 is 17.9 Å². The number of benzene rings is 1. The number of nitrogens with zero attached hydrogens (tertiary/aromatic N) is 4. The van der Waals surface area contributed by atoms with Crippen molar-refractivity contribution in [2.24, 2.45) is 5.92 Å². The third kappa shape index (κ3) is 5.16. The molecule has 1 saturated heterocycles. The first-order valence-electron chi connectivity index (χ1n) is 11.1. The highest BCUT2D eigenvalue weighted by Crippen LogP contribution is 2.43. The van der Waals surface area contributed by atoms with Crippen LogP contribution in [0.2, 0.25) is 5.02 Å². The van der Waals surface area contributed by atoms with E-state index in [2.05, 4.69) is 19.9 Å². The van der Waals surface area contributed by atoms with E-state index in [1.165, 1.54) is 0 Å². The summed E-state index contributed by atoms with van der Waals surface area (Å²) in [5.41, 5.74) is 2.87. The summed E-state index contributed by atoms with van der Waals surface area (Å²) in [6.45, 7) is 1.65. The Labute approximate surface area is 219 Å². The predicted octanol–water partition coefficient (Wildman–Crippen LogP) is 6.77. The highest BCUT2D eigenvalue weighted by Gasteiger charge is 2.41. The molecule has 13 heteroatoms. The molecule has 3 aromatic rings. The Morgan fingerprint density at radius 2 is 1.89 bits per heavy atom. The quantitative estimate of drug-likeness (QED) is 0.353. The molecule has 1 N–H and O–H groups in total. The van der Waals surface area contributed by atoms with E-state index in [1.807, 2.05) is 12.1 Å². The van der Waals surface area contributed by atoms with Gasteiger partial charge in [-0.25, -0.2) is 4.98 Å². The second-order valence-corrected chi connectivity index (χ2v) is 11.5. The summed E-state index contributed by atoms with van der Waals surface area (Å²) < 4.78 is 44.4. The van der Waals surface area contributed by atoms with Crippen LogP contribution in [0, 0.1) is 5.92 Å². The van der Waals surface area contributed by atoms with E-state index in [0.29, 0.717) is 37.6 Å². The maximum Gasteiger partial charge on any atom is 0.451 e. The monoisotopic (exact) mass is 567 g/mol. The lowest BCUT2D eigenvalue weighted by molar-refractivity contribution is -0.145. The lowest BCUT2D eigenvalue weighted by Gasteiger charge is -2.38. The molecule has 0 radical (unpaired) electrons. The average molecular weight is 569 g/mol. The number of aromatic nitrogens is 4. The average Bonchev–Trinajstić information content (AvgIpc) is 3.17. The Morgan fingerprint density at radius 1 is 1.11 bits per heavy atom. The van der Waals surface area contributed by atoms with Crippen molar-refractivity contribution in [2.45, 2.75) is 41.7 Å². The van der Waals surface area contributed by atoms with Crippen LogP contribution in [0.25, 0.3) is 10.9 Å². The number of halogens is 7. The summed E-state index contributed by atoms with van der Waals surface area (Å²) in [6, 6.07) is 5.24. The van der Waals surface area contributed by atoms with E-state index in [4.69, 9.17) is 51.1 Å². The van der Waals surface area contributed by atoms with Crippen molar-refractivity contribution in [1.29, 1.82) is 0 Å². The van der Waals surface area contributed by atoms with Gasteiger partial charge in [0.2, 0.25) is 15.6 Å². The summed E-state index contributed by atoms with van der Waals surface area (Å²) in [4.78, 5) is 16.5. The SMILES string of the molecule is FC(F)(F)c1nc(N2CCc3c([nH]c4ccc(Cl)cc34)[C@@H]2C[C@@H]2CCCOC2)nc(C(Cl)(Cl)Cl)n1. The Morgan fingerprint density at radius 3 is 2.57 bits per heavy atom. The van der Waals surface area contributed by atoms with Gasteiger partial charge in [0.25, 0.3) is 0 Å². The van der Waals surface area contributed by atoms with Crippen molar-refractivity contribution in [1.82, 2.24) is 19.9 Å². The fraction of sp³-hybridized carbons (Fsp3) is 0.500. The van der Waals surface area contributed by atoms with Gasteiger partial charge in [0, 0.05) is 41.4 Å². The fourth-order valence-corrected chi connectivity index (χ4v) is 5.30. The van der Waals surface area contributed by atoms with Crippen molar-refractivity contribution in [3.8, 4) is 0 Å². The first-order chi connectivity index (χ1) is 16.5. The van der Waals surface area contributed by atoms with Gasteiger partial charge in [-0.05, 0) is 55.4 Å². The molecule has 0 bridgehead atoms. The zero-order valence-corrected chi connectivity index (χ0v) is 21.2. The van der Waals surface area contributed by atoms with Crippen molar-refractivity contribution in [3.63, 3.8) is 0 Å². The molecule has 0 unspecified atom stereocenters. The number of alkyl halides is 6. The molecule has 6 nitrogen and oxygen atoms in total. The first-order valence-corrected chi connectivity index (χ1v) is 12.6. The molecule has 1 fully saturated rings. The maximum atomic E-state index is 13.7. The number of H-pyrrole nitrogens is 1. The lowest BCUT2D eigenvalue weighted by Crippen LogP contribution is -2.39. The van der Waals surface area contributed by atoms with Crippen molar-refractivity contribution >= 4 is 63.3 Å². The summed E-state index contributed by atoms with van der Waals surface area (Å²) >= 11 is 23.9. The van der Waals surface area contributed by atoms with Gasteiger partial charge in [0.15, 0.2) is 5.82 Å². The Kier molecular flexibility index (Phi) is 6.76. The molecule has 2 atom stereocenters. The van der Waals surface area contributed by atoms with Crippen LogP contribution >= 0.6 is 46.4 Å². The molecule has 188 valence electrons. The van der Waals surface area contributed by atoms with E-state index in [9.17, 15) is 13.2 Å². The third-order valence-electron chi connectivity index (χ3n) is 6.41. The minimum absolute atomic E-state index is 0.183. The Balaban J connectivity index is 1.63. The lowest BCUT2D eigenvalue weighted by atomic mass is 9.88. The molecule has 0 amide bonds. The molecule has 2 aliphatic heterocycles. The Bertz CT molecular complexity index is 1210. The van der Waals surface area contributed by atoms with Gasteiger partial charge in [-0.2, -0.15) is 23.1 Å². The highest BCUT2D eigenvalue weighted by atomic mass is 35.6. The van der Waals surface area contributed by atoms with Crippen LogP contribution in [-0.4, -0.2) is 39.7 Å². The number of anilines is 1. The van der Waals surface area contributed by atoms with Crippen LogP contribution in [0.15, 0.2) is 18.2 Å². The minimum atomic E-state index is -4.84. The summed E-state index contributed by atoms with van der Waals surface area (Å²) in [5.74, 6) is -1.95. The molecule has 4 heterocycles. The van der Waals surface area contributed by atoms with E-state index >= 15 is 0 Å². The number of ether oxygens (including phenoxy) is 1. The van der Waals surface area contributed by atoms with Crippen LogP contribution in [0.1, 0.15) is 48.2 Å². The number of aromatic amines is 1. The molecule has 2 aliphatic rings. The number of hydrogen-bond donors (Lipinski definition) is 1. The molecule has 1 aromatic carbocycles. The Hall–Kier alpha value is -1.52. The third-order valence-corrected chi connectivity index (χ3v) is 7.15. The molecule has 0 spiro atoms. The molecular formula is C22H20Cl4F3N5O. The topological polar surface area (TPSA) is 66.9 Å². The number of fused-ring (bicyclic) bond motifs is 3. The van der Waals surface area contributed by atoms with Crippen molar-refractivity contribution in [3.05, 3.63) is 46.1 Å². The van der Waals surface area contributed by atoms with Crippen LogP contribution in [0.5, 0.6) is 0 Å². The van der Waals surface area contributed by atoms with E-state index < -0.39 is 21.6 Å². The van der Waals surface area contributed by atoms with Gasteiger partial charge >= 0.3 is 6.18 Å². The van der Waals surface area contributed by atoms with Gasteiger partial charge in [0.1, 0.15) is 0 Å². The van der Waals surface area contributed by atoms with Crippen LogP contribution in [0.4, 0.5) is 19.1 Å². The second kappa shape index (κ2) is 9.41. The van der Waals surface area contributed by atoms with Crippen LogP contribution in [-0.2, 0) is 21.1 Å². The van der Waals surface area contributed by atoms with Gasteiger partial charge < -0.3 is 14.6 Å². The zero-order valence-electron chi connectivity index (χ0n) is 18.2. The van der Waals surface area contributed by atoms with E-state index in [1.54, 1.807) is 11.0 Å². The van der Waals surface area contributed by atoms with Gasteiger partial charge in [-0.1, -0.05) is 46.4 Å². The van der Waals surface area contributed by atoms with Gasteiger partial charge in [-0.15, -0.1) is 0 Å². The van der Waals surface area contributed by atoms with Gasteiger partial charge in [0.05, 0.1) is 6.04 Å². The van der Waals surface area contributed by atoms with Crippen molar-refractivity contribution in [2.75, 3.05) is 24.7 Å². The number of nitrogens with one attached hydrogen (secondary N) is 1. The number of rotatable bonds is 3. The smallest absolute Gasteiger partial charge is 0.381 e. The van der Waals surface area contributed by atoms with Crippen LogP contribution in [0.3, 0.4) is 0 Å². The molecule has 0 saturated carbocycles. The highest BCUT2D eigenvalue weighted by molar-refractivity contribution is 6.66. The standard InChI is InChI=1S/C22H20Cl4F3N5O/c23-12-3-4-15-14(9-12)13-5-6-34(16(17(13)30-15)8-11-2-1-7-35-10-11)20-32-18(21(24,25)26)31-19(33-20)22(27,28)29/h3-4,9,11,16,30H,1-2,5-8,10H2/t11-,16-/m0/s1. The summed E-state index contributed by atoms with van der Waals surface area (Å²) in [6.07, 6.45) is -1.79.